The average Bonchev–Trinajstić information content (AvgIpc) is 2.38. The molecular weight excluding hydrogens is 228 g/mol. The van der Waals surface area contributed by atoms with Gasteiger partial charge in [0.15, 0.2) is 5.82 Å². The van der Waals surface area contributed by atoms with Gasteiger partial charge < -0.3 is 10.2 Å². The van der Waals surface area contributed by atoms with E-state index in [0.717, 1.165) is 18.5 Å². The number of nitrogens with two attached hydrogens (primary N) is 1. The van der Waals surface area contributed by atoms with Crippen LogP contribution in [0.25, 0.3) is 0 Å². The largest absolute Gasteiger partial charge is 0.372 e. The number of rotatable bonds is 4. The van der Waals surface area contributed by atoms with Crippen LogP contribution in [0.15, 0.2) is 12.4 Å². The first-order chi connectivity index (χ1) is 8.59. The van der Waals surface area contributed by atoms with Crippen molar-refractivity contribution < 1.29 is 4.74 Å². The van der Waals surface area contributed by atoms with Crippen molar-refractivity contribution in [2.24, 2.45) is 11.3 Å². The van der Waals surface area contributed by atoms with Gasteiger partial charge in [0.05, 0.1) is 30.8 Å². The van der Waals surface area contributed by atoms with Gasteiger partial charge in [-0.1, -0.05) is 13.8 Å². The molecule has 0 spiro atoms. The third-order valence-electron chi connectivity index (χ3n) is 3.61. The summed E-state index contributed by atoms with van der Waals surface area (Å²) in [4.78, 5) is 8.34. The van der Waals surface area contributed by atoms with Gasteiger partial charge in [0, 0.05) is 0 Å². The van der Waals surface area contributed by atoms with E-state index in [9.17, 15) is 0 Å². The predicted molar refractivity (Wildman–Crippen MR) is 70.7 cm³/mol. The number of aromatic nitrogens is 2. The monoisotopic (exact) mass is 250 g/mol. The highest BCUT2D eigenvalue weighted by Crippen LogP contribution is 2.36. The molecule has 1 aliphatic rings. The maximum absolute atomic E-state index is 5.88. The Bertz CT molecular complexity index is 367. The lowest BCUT2D eigenvalue weighted by Gasteiger charge is -2.34. The van der Waals surface area contributed by atoms with E-state index in [4.69, 9.17) is 10.6 Å². The first-order valence-corrected chi connectivity index (χ1v) is 6.48. The van der Waals surface area contributed by atoms with Crippen molar-refractivity contribution in [2.45, 2.75) is 52.2 Å². The Morgan fingerprint density at radius 1 is 1.33 bits per heavy atom. The molecule has 0 bridgehead atoms. The van der Waals surface area contributed by atoms with Crippen molar-refractivity contribution in [3.63, 3.8) is 0 Å². The summed E-state index contributed by atoms with van der Waals surface area (Å²) in [5.41, 5.74) is 3.78. The lowest BCUT2D eigenvalue weighted by Crippen LogP contribution is -2.26. The molecule has 0 saturated heterocycles. The number of nitrogens with one attached hydrogen (secondary N) is 1. The maximum Gasteiger partial charge on any atom is 0.158 e. The number of nitrogens with zero attached hydrogens (tertiary/aromatic N) is 2. The molecule has 100 valence electrons. The summed E-state index contributed by atoms with van der Waals surface area (Å²) in [6.45, 7) is 5.18. The summed E-state index contributed by atoms with van der Waals surface area (Å²) in [6.07, 6.45) is 8.43. The van der Waals surface area contributed by atoms with E-state index in [1.807, 2.05) is 0 Å². The number of hydrogen-bond donors (Lipinski definition) is 2. The van der Waals surface area contributed by atoms with Crippen LogP contribution in [0.2, 0.25) is 0 Å². The molecule has 0 aliphatic heterocycles. The molecule has 1 aromatic rings. The summed E-state index contributed by atoms with van der Waals surface area (Å²) < 4.78 is 5.88. The second-order valence-corrected chi connectivity index (χ2v) is 5.71. The van der Waals surface area contributed by atoms with Crippen LogP contribution in [0.5, 0.6) is 0 Å². The van der Waals surface area contributed by atoms with Crippen LogP contribution in [0.1, 0.15) is 45.2 Å². The normalized spacial score (nSPS) is 19.7. The average molecular weight is 250 g/mol. The van der Waals surface area contributed by atoms with Crippen LogP contribution >= 0.6 is 0 Å². The quantitative estimate of drug-likeness (QED) is 0.633. The molecule has 0 amide bonds. The predicted octanol–water partition coefficient (Wildman–Crippen LogP) is 2.25. The molecule has 0 unspecified atom stereocenters. The maximum atomic E-state index is 5.88. The number of anilines is 1. The van der Waals surface area contributed by atoms with Gasteiger partial charge in [0.1, 0.15) is 0 Å². The van der Waals surface area contributed by atoms with Crippen molar-refractivity contribution in [2.75, 3.05) is 5.43 Å². The van der Waals surface area contributed by atoms with Gasteiger partial charge >= 0.3 is 0 Å². The Kier molecular flexibility index (Phi) is 4.14. The minimum atomic E-state index is 0.368. The second kappa shape index (κ2) is 5.63. The summed E-state index contributed by atoms with van der Waals surface area (Å²) in [7, 11) is 0. The number of hydrazine groups is 1. The lowest BCUT2D eigenvalue weighted by molar-refractivity contribution is -0.00698. The molecule has 1 aliphatic carbocycles. The first kappa shape index (κ1) is 13.2. The molecule has 5 nitrogen and oxygen atoms in total. The molecule has 0 radical (unpaired) electrons. The van der Waals surface area contributed by atoms with Crippen LogP contribution in [-0.4, -0.2) is 16.1 Å². The van der Waals surface area contributed by atoms with Gasteiger partial charge in [0.2, 0.25) is 0 Å². The van der Waals surface area contributed by atoms with Gasteiger partial charge in [-0.15, -0.1) is 0 Å². The third-order valence-corrected chi connectivity index (χ3v) is 3.61. The highest BCUT2D eigenvalue weighted by Gasteiger charge is 2.27. The Labute approximate surface area is 108 Å². The van der Waals surface area contributed by atoms with E-state index in [-0.39, 0.29) is 0 Å². The molecule has 1 fully saturated rings. The lowest BCUT2D eigenvalue weighted by atomic mass is 9.76. The van der Waals surface area contributed by atoms with Crippen LogP contribution in [0.4, 0.5) is 5.82 Å². The fourth-order valence-corrected chi connectivity index (χ4v) is 2.25. The summed E-state index contributed by atoms with van der Waals surface area (Å²) in [5.74, 6) is 5.80. The fraction of sp³-hybridized carbons (Fsp3) is 0.692. The zero-order valence-corrected chi connectivity index (χ0v) is 11.1. The molecular formula is C13H22N4O. The van der Waals surface area contributed by atoms with Crippen LogP contribution in [0, 0.1) is 5.41 Å². The Balaban J connectivity index is 1.78. The Morgan fingerprint density at radius 3 is 2.61 bits per heavy atom. The van der Waals surface area contributed by atoms with E-state index in [1.54, 1.807) is 12.4 Å². The van der Waals surface area contributed by atoms with Crippen molar-refractivity contribution in [3.05, 3.63) is 18.1 Å². The van der Waals surface area contributed by atoms with E-state index in [0.29, 0.717) is 23.9 Å². The highest BCUT2D eigenvalue weighted by atomic mass is 16.5. The first-order valence-electron chi connectivity index (χ1n) is 6.48. The molecule has 0 aromatic carbocycles. The van der Waals surface area contributed by atoms with Crippen molar-refractivity contribution in [1.82, 2.24) is 9.97 Å². The van der Waals surface area contributed by atoms with Gasteiger partial charge in [0.25, 0.3) is 0 Å². The van der Waals surface area contributed by atoms with Gasteiger partial charge in [-0.25, -0.2) is 10.8 Å². The topological polar surface area (TPSA) is 73.1 Å². The van der Waals surface area contributed by atoms with E-state index in [1.165, 1.54) is 12.8 Å². The third kappa shape index (κ3) is 3.65. The van der Waals surface area contributed by atoms with E-state index < -0.39 is 0 Å². The minimum Gasteiger partial charge on any atom is -0.372 e. The zero-order valence-electron chi connectivity index (χ0n) is 11.1. The van der Waals surface area contributed by atoms with Gasteiger partial charge in [-0.05, 0) is 31.1 Å². The molecule has 1 heterocycles. The van der Waals surface area contributed by atoms with Gasteiger partial charge in [-0.2, -0.15) is 0 Å². The van der Waals surface area contributed by atoms with Crippen molar-refractivity contribution >= 4 is 5.82 Å². The Hall–Kier alpha value is -1.20. The fourth-order valence-electron chi connectivity index (χ4n) is 2.25. The van der Waals surface area contributed by atoms with E-state index in [2.05, 4.69) is 29.2 Å². The molecule has 1 saturated carbocycles. The zero-order chi connectivity index (χ0) is 13.0. The summed E-state index contributed by atoms with van der Waals surface area (Å²) in [5, 5.41) is 0. The SMILES string of the molecule is CC1(C)CCC(OCc2cnc(NN)cn2)CC1. The number of hydrogen-bond acceptors (Lipinski definition) is 5. The van der Waals surface area contributed by atoms with E-state index >= 15 is 0 Å². The second-order valence-electron chi connectivity index (χ2n) is 5.71. The molecule has 3 N–H and O–H groups in total. The highest BCUT2D eigenvalue weighted by molar-refractivity contribution is 5.28. The smallest absolute Gasteiger partial charge is 0.158 e. The summed E-state index contributed by atoms with van der Waals surface area (Å²) >= 11 is 0. The molecule has 18 heavy (non-hydrogen) atoms. The van der Waals surface area contributed by atoms with Gasteiger partial charge in [-0.3, -0.25) is 4.98 Å². The molecule has 1 aromatic heterocycles. The van der Waals surface area contributed by atoms with Crippen molar-refractivity contribution in [1.29, 1.82) is 0 Å². The standard InChI is InChI=1S/C13H22N4O/c1-13(2)5-3-11(4-6-13)18-9-10-7-16-12(17-14)8-15-10/h7-8,11H,3-6,9,14H2,1-2H3,(H,16,17). The minimum absolute atomic E-state index is 0.368. The molecule has 0 atom stereocenters. The number of ether oxygens (including phenoxy) is 1. The van der Waals surface area contributed by atoms with Crippen LogP contribution in [0.3, 0.4) is 0 Å². The van der Waals surface area contributed by atoms with Crippen LogP contribution < -0.4 is 11.3 Å². The molecule has 2 rings (SSSR count). The molecule has 5 heteroatoms. The summed E-state index contributed by atoms with van der Waals surface area (Å²) in [6, 6.07) is 0. The van der Waals surface area contributed by atoms with Crippen molar-refractivity contribution in [3.8, 4) is 0 Å². The Morgan fingerprint density at radius 2 is 2.06 bits per heavy atom. The van der Waals surface area contributed by atoms with Crippen LogP contribution in [-0.2, 0) is 11.3 Å². The number of nitrogen functional groups attached to an aromatic ring is 1.